The van der Waals surface area contributed by atoms with Crippen molar-refractivity contribution in [3.05, 3.63) is 44.7 Å². The first kappa shape index (κ1) is 29.3. The summed E-state index contributed by atoms with van der Waals surface area (Å²) in [7, 11) is -8.97. The molecule has 1 aromatic carbocycles. The predicted molar refractivity (Wildman–Crippen MR) is 132 cm³/mol. The molecule has 1 fully saturated rings. The summed E-state index contributed by atoms with van der Waals surface area (Å²) in [5.74, 6) is -0.491. The van der Waals surface area contributed by atoms with Gasteiger partial charge in [-0.1, -0.05) is 0 Å². The van der Waals surface area contributed by atoms with Crippen molar-refractivity contribution in [1.82, 2.24) is 4.48 Å². The summed E-state index contributed by atoms with van der Waals surface area (Å²) in [5.41, 5.74) is 2.42. The van der Waals surface area contributed by atoms with E-state index in [0.717, 1.165) is 30.8 Å². The van der Waals surface area contributed by atoms with Crippen molar-refractivity contribution in [3.63, 3.8) is 0 Å². The predicted octanol–water partition coefficient (Wildman–Crippen LogP) is -1.00. The van der Waals surface area contributed by atoms with Crippen LogP contribution in [0.3, 0.4) is 0 Å². The monoisotopic (exact) mass is 663 g/mol. The van der Waals surface area contributed by atoms with Gasteiger partial charge in [0.1, 0.15) is 0 Å². The van der Waals surface area contributed by atoms with Gasteiger partial charge in [0.15, 0.2) is 0 Å². The van der Waals surface area contributed by atoms with Crippen LogP contribution in [0.1, 0.15) is 29.8 Å². The Morgan fingerprint density at radius 3 is 2.75 bits per heavy atom. The van der Waals surface area contributed by atoms with Crippen LogP contribution in [0.25, 0.3) is 16.5 Å². The molecule has 0 saturated carbocycles. The first-order valence-electron chi connectivity index (χ1n) is 10.8. The van der Waals surface area contributed by atoms with Gasteiger partial charge in [-0.25, -0.2) is 0 Å². The fourth-order valence-electron chi connectivity index (χ4n) is 5.02. The molecule has 0 amide bonds. The summed E-state index contributed by atoms with van der Waals surface area (Å²) in [6, 6.07) is 5.42. The molecular formula is C21H21ClKN2O7S3Se+. The number of quaternary nitrogens is 1. The maximum Gasteiger partial charge on any atom is 1.00 e. The zero-order chi connectivity index (χ0) is 25.2. The van der Waals surface area contributed by atoms with E-state index >= 15 is 0 Å². The van der Waals surface area contributed by atoms with Crippen molar-refractivity contribution in [2.45, 2.75) is 38.1 Å². The van der Waals surface area contributed by atoms with Gasteiger partial charge >= 0.3 is 271 Å². The average Bonchev–Trinajstić information content (AvgIpc) is 3.49. The van der Waals surface area contributed by atoms with E-state index < -0.39 is 31.4 Å². The van der Waals surface area contributed by atoms with Gasteiger partial charge < -0.3 is 0 Å². The van der Waals surface area contributed by atoms with Gasteiger partial charge in [-0.15, -0.1) is 0 Å². The molecule has 2 atom stereocenters. The molecule has 188 valence electrons. The fourth-order valence-corrected chi connectivity index (χ4v) is 11.1. The van der Waals surface area contributed by atoms with E-state index in [1.54, 1.807) is 18.4 Å². The number of nitrogens with zero attached hydrogens (tertiary/aromatic N) is 2. The van der Waals surface area contributed by atoms with Gasteiger partial charge in [-0.2, -0.15) is 0 Å². The van der Waals surface area contributed by atoms with E-state index in [0.29, 0.717) is 22.9 Å². The number of halogens is 1. The molecule has 2 unspecified atom stereocenters. The molecule has 2 aliphatic rings. The van der Waals surface area contributed by atoms with Crippen molar-refractivity contribution in [2.24, 2.45) is 0 Å². The summed E-state index contributed by atoms with van der Waals surface area (Å²) >= 11 is 7.39. The van der Waals surface area contributed by atoms with Crippen LogP contribution >= 0.6 is 22.9 Å². The first-order chi connectivity index (χ1) is 16.4. The molecule has 15 heteroatoms. The van der Waals surface area contributed by atoms with Crippen molar-refractivity contribution >= 4 is 84.8 Å². The van der Waals surface area contributed by atoms with E-state index in [1.807, 2.05) is 23.6 Å². The third kappa shape index (κ3) is 5.37. The van der Waals surface area contributed by atoms with Crippen LogP contribution < -0.4 is 64.9 Å². The molecule has 2 aromatic heterocycles. The number of rotatable bonds is 6. The molecule has 5 rings (SSSR count). The molecule has 1 saturated heterocycles. The SMILES string of the molecule is Cc1coc2sc(C=C3[Se]c4ccc(Cl)cc4[N+]34CCCC4S(=O)(=O)[O-])[n+](CCCS(=O)(=O)[O-])c12.[K+]. The van der Waals surface area contributed by atoms with Crippen molar-refractivity contribution < 1.29 is 86.3 Å². The van der Waals surface area contributed by atoms with Crippen LogP contribution in [0.5, 0.6) is 0 Å². The Kier molecular flexibility index (Phi) is 8.75. The molecule has 0 aliphatic carbocycles. The smallest absolute Gasteiger partial charge is 1.00 e. The Labute approximate surface area is 267 Å². The largest absolute Gasteiger partial charge is 1.00 e. The average molecular weight is 663 g/mol. The zero-order valence-electron chi connectivity index (χ0n) is 19.5. The minimum Gasteiger partial charge on any atom is 1.00 e. The summed E-state index contributed by atoms with van der Waals surface area (Å²) in [6.45, 7) is 2.63. The first-order valence-corrected chi connectivity index (χ1v) is 16.7. The second-order valence-corrected chi connectivity index (χ2v) is 15.4. The van der Waals surface area contributed by atoms with E-state index in [-0.39, 0.29) is 90.2 Å². The molecule has 1 spiro atoms. The standard InChI is InChI=1S/C21H21ClN2O7S3Se.K/c1-13-12-31-21-20(13)23(7-3-9-33(25,26)27)17(32-21)11-19-24(8-2-4-18(24)34(28,29)30)15-10-14(22)5-6-16(15)35-19;/h5-6,10-12,18H,2-4,7-9H2,1H3;/q;+1. The molecule has 36 heavy (non-hydrogen) atoms. The maximum atomic E-state index is 12.4. The summed E-state index contributed by atoms with van der Waals surface area (Å²) in [4.78, 5) is 0.645. The molecule has 9 nitrogen and oxygen atoms in total. The quantitative estimate of drug-likeness (QED) is 0.143. The van der Waals surface area contributed by atoms with E-state index in [2.05, 4.69) is 0 Å². The Bertz CT molecular complexity index is 1590. The number of thiazole rings is 1. The molecule has 0 radical (unpaired) electrons. The Hall–Kier alpha value is 0.356. The molecule has 4 heterocycles. The normalized spacial score (nSPS) is 23.0. The molecular weight excluding hydrogens is 642 g/mol. The van der Waals surface area contributed by atoms with Crippen molar-refractivity contribution in [1.29, 1.82) is 0 Å². The van der Waals surface area contributed by atoms with Gasteiger partial charge in [0.25, 0.3) is 0 Å². The van der Waals surface area contributed by atoms with Gasteiger partial charge in [0, 0.05) is 0 Å². The summed E-state index contributed by atoms with van der Waals surface area (Å²) in [5, 5.41) is 0.0810. The van der Waals surface area contributed by atoms with Crippen LogP contribution in [-0.4, -0.2) is 58.6 Å². The number of aryl methyl sites for hydroxylation is 2. The Morgan fingerprint density at radius 1 is 1.31 bits per heavy atom. The second kappa shape index (κ2) is 10.7. The zero-order valence-corrected chi connectivity index (χ0v) is 27.5. The second-order valence-electron chi connectivity index (χ2n) is 8.64. The van der Waals surface area contributed by atoms with Gasteiger partial charge in [-0.3, -0.25) is 0 Å². The van der Waals surface area contributed by atoms with Crippen LogP contribution in [0.2, 0.25) is 5.02 Å². The number of fused-ring (bicyclic) bond motifs is 3. The summed E-state index contributed by atoms with van der Waals surface area (Å²) in [6.07, 6.45) is 4.51. The number of benzene rings is 1. The van der Waals surface area contributed by atoms with Crippen molar-refractivity contribution in [3.8, 4) is 0 Å². The molecule has 0 N–H and O–H groups in total. The van der Waals surface area contributed by atoms with Gasteiger partial charge in [0.2, 0.25) is 0 Å². The molecule has 3 aromatic rings. The maximum absolute atomic E-state index is 12.4. The molecule has 0 bridgehead atoms. The summed E-state index contributed by atoms with van der Waals surface area (Å²) < 4.78 is 80.1. The number of hydrogen-bond acceptors (Lipinski definition) is 8. The van der Waals surface area contributed by atoms with E-state index in [1.165, 1.54) is 11.3 Å². The van der Waals surface area contributed by atoms with Crippen LogP contribution in [0.15, 0.2) is 33.5 Å². The van der Waals surface area contributed by atoms with Gasteiger partial charge in [0.05, 0.1) is 0 Å². The van der Waals surface area contributed by atoms with E-state index in [4.69, 9.17) is 16.0 Å². The van der Waals surface area contributed by atoms with E-state index in [9.17, 15) is 25.9 Å². The van der Waals surface area contributed by atoms with Crippen LogP contribution in [0.4, 0.5) is 5.69 Å². The Morgan fingerprint density at radius 2 is 2.06 bits per heavy atom. The van der Waals surface area contributed by atoms with Crippen molar-refractivity contribution in [2.75, 3.05) is 12.3 Å². The third-order valence-electron chi connectivity index (χ3n) is 6.41. The van der Waals surface area contributed by atoms with Gasteiger partial charge in [-0.05, 0) is 0 Å². The minimum absolute atomic E-state index is 0. The number of aromatic nitrogens is 1. The Balaban J connectivity index is 0.00000304. The fraction of sp³-hybridized carbons (Fsp3) is 0.381. The number of furan rings is 1. The third-order valence-corrected chi connectivity index (χ3v) is 12.3. The van der Waals surface area contributed by atoms with Crippen LogP contribution in [0, 0.1) is 6.92 Å². The topological polar surface area (TPSA) is 131 Å². The molecule has 2 aliphatic heterocycles. The number of hydrogen-bond donors (Lipinski definition) is 0. The minimum atomic E-state index is -4.61. The van der Waals surface area contributed by atoms with Crippen LogP contribution in [-0.2, 0) is 26.8 Å².